The third kappa shape index (κ3) is 4.10. The monoisotopic (exact) mass is 440 g/mol. The Hall–Kier alpha value is -3.98. The summed E-state index contributed by atoms with van der Waals surface area (Å²) < 4.78 is 0. The Kier molecular flexibility index (Phi) is 5.97. The number of aliphatic carboxylic acids is 1. The lowest BCUT2D eigenvalue weighted by Gasteiger charge is -2.33. The first-order chi connectivity index (χ1) is 15.8. The fourth-order valence-corrected chi connectivity index (χ4v) is 4.60. The highest BCUT2D eigenvalue weighted by atomic mass is 16.4. The van der Waals surface area contributed by atoms with Crippen LogP contribution in [0.15, 0.2) is 54.1 Å². The Bertz CT molecular complexity index is 1290. The number of carbonyl (C=O) groups is 1. The summed E-state index contributed by atoms with van der Waals surface area (Å²) in [5.74, 6) is -1.21. The number of benzene rings is 3. The van der Waals surface area contributed by atoms with Gasteiger partial charge in [-0.2, -0.15) is 5.26 Å². The van der Waals surface area contributed by atoms with Crippen LogP contribution in [0.4, 0.5) is 22.7 Å². The molecule has 0 saturated carbocycles. The van der Waals surface area contributed by atoms with Gasteiger partial charge in [0.05, 0.1) is 0 Å². The van der Waals surface area contributed by atoms with Crippen LogP contribution in [-0.2, 0) is 11.2 Å². The molecule has 3 aromatic rings. The van der Waals surface area contributed by atoms with Crippen LogP contribution in [0, 0.1) is 11.3 Å². The molecule has 1 N–H and O–H groups in total. The van der Waals surface area contributed by atoms with Crippen molar-refractivity contribution in [3.8, 4) is 6.07 Å². The Morgan fingerprint density at radius 3 is 2.39 bits per heavy atom. The molecule has 0 aliphatic carbocycles. The number of anilines is 4. The van der Waals surface area contributed by atoms with Crippen LogP contribution in [0.1, 0.15) is 17.5 Å². The minimum Gasteiger partial charge on any atom is -0.477 e. The highest BCUT2D eigenvalue weighted by molar-refractivity contribution is 6.10. The van der Waals surface area contributed by atoms with Crippen LogP contribution in [0.3, 0.4) is 0 Å². The zero-order valence-corrected chi connectivity index (χ0v) is 19.5. The minimum absolute atomic E-state index is 0.260. The van der Waals surface area contributed by atoms with Crippen molar-refractivity contribution in [2.75, 3.05) is 49.4 Å². The summed E-state index contributed by atoms with van der Waals surface area (Å²) in [6.45, 7) is 0.906. The van der Waals surface area contributed by atoms with E-state index in [1.54, 1.807) is 6.07 Å². The van der Waals surface area contributed by atoms with Crippen molar-refractivity contribution in [3.05, 3.63) is 65.2 Å². The smallest absolute Gasteiger partial charge is 0.346 e. The van der Waals surface area contributed by atoms with Crippen molar-refractivity contribution in [3.63, 3.8) is 0 Å². The lowest BCUT2D eigenvalue weighted by atomic mass is 9.96. The molecule has 1 aliphatic rings. The predicted molar refractivity (Wildman–Crippen MR) is 136 cm³/mol. The molecule has 168 valence electrons. The quantitative estimate of drug-likeness (QED) is 0.442. The molecule has 6 nitrogen and oxygen atoms in total. The first kappa shape index (κ1) is 22.2. The lowest BCUT2D eigenvalue weighted by molar-refractivity contribution is -0.132. The number of hydrogen-bond acceptors (Lipinski definition) is 5. The summed E-state index contributed by atoms with van der Waals surface area (Å²) in [5.41, 5.74) is 6.27. The molecular weight excluding hydrogens is 412 g/mol. The fourth-order valence-electron chi connectivity index (χ4n) is 4.60. The molecule has 0 spiro atoms. The Labute approximate surface area is 194 Å². The van der Waals surface area contributed by atoms with E-state index in [0.717, 1.165) is 41.9 Å². The van der Waals surface area contributed by atoms with Gasteiger partial charge in [0.25, 0.3) is 0 Å². The maximum Gasteiger partial charge on any atom is 0.346 e. The van der Waals surface area contributed by atoms with E-state index in [2.05, 4.69) is 73.2 Å². The Morgan fingerprint density at radius 2 is 1.73 bits per heavy atom. The van der Waals surface area contributed by atoms with Gasteiger partial charge in [-0.15, -0.1) is 0 Å². The second kappa shape index (κ2) is 8.87. The average molecular weight is 441 g/mol. The summed E-state index contributed by atoms with van der Waals surface area (Å²) in [6, 6.07) is 18.5. The molecule has 0 fully saturated rings. The van der Waals surface area contributed by atoms with Gasteiger partial charge >= 0.3 is 5.97 Å². The Balaban J connectivity index is 1.86. The van der Waals surface area contributed by atoms with Crippen LogP contribution >= 0.6 is 0 Å². The van der Waals surface area contributed by atoms with Crippen LogP contribution in [0.5, 0.6) is 0 Å². The van der Waals surface area contributed by atoms with Crippen LogP contribution in [-0.4, -0.2) is 45.8 Å². The summed E-state index contributed by atoms with van der Waals surface area (Å²) in [4.78, 5) is 17.9. The molecule has 0 bridgehead atoms. The molecule has 0 aromatic heterocycles. The van der Waals surface area contributed by atoms with Crippen LogP contribution in [0.25, 0.3) is 16.8 Å². The fraction of sp³-hybridized carbons (Fsp3) is 0.259. The third-order valence-corrected chi connectivity index (χ3v) is 6.11. The first-order valence-corrected chi connectivity index (χ1v) is 11.0. The maximum absolute atomic E-state index is 11.2. The molecular formula is C27H28N4O2. The van der Waals surface area contributed by atoms with E-state index in [1.165, 1.54) is 28.2 Å². The largest absolute Gasteiger partial charge is 0.477 e. The van der Waals surface area contributed by atoms with E-state index >= 15 is 0 Å². The normalized spacial score (nSPS) is 13.4. The number of rotatable bonds is 5. The van der Waals surface area contributed by atoms with Crippen LogP contribution < -0.4 is 14.7 Å². The third-order valence-electron chi connectivity index (χ3n) is 6.11. The van der Waals surface area contributed by atoms with Gasteiger partial charge in [-0.1, -0.05) is 18.2 Å². The molecule has 0 unspecified atom stereocenters. The van der Waals surface area contributed by atoms with Gasteiger partial charge in [-0.05, 0) is 60.4 Å². The molecule has 6 heteroatoms. The van der Waals surface area contributed by atoms with Crippen LogP contribution in [0.2, 0.25) is 0 Å². The molecule has 0 atom stereocenters. The zero-order chi connectivity index (χ0) is 23.7. The molecule has 4 rings (SSSR count). The van der Waals surface area contributed by atoms with Gasteiger partial charge in [0.2, 0.25) is 0 Å². The second-order valence-electron chi connectivity index (χ2n) is 8.71. The second-order valence-corrected chi connectivity index (χ2v) is 8.71. The number of carboxylic acid groups (broad SMARTS) is 1. The molecule has 1 aliphatic heterocycles. The van der Waals surface area contributed by atoms with Gasteiger partial charge in [-0.3, -0.25) is 0 Å². The van der Waals surface area contributed by atoms with E-state index in [0.29, 0.717) is 0 Å². The number of nitrogens with zero attached hydrogens (tertiary/aromatic N) is 4. The zero-order valence-electron chi connectivity index (χ0n) is 19.5. The average Bonchev–Trinajstić information content (AvgIpc) is 2.80. The highest BCUT2D eigenvalue weighted by Gasteiger charge is 2.22. The van der Waals surface area contributed by atoms with Crippen molar-refractivity contribution in [2.45, 2.75) is 12.8 Å². The molecule has 1 heterocycles. The van der Waals surface area contributed by atoms with E-state index in [-0.39, 0.29) is 5.57 Å². The summed E-state index contributed by atoms with van der Waals surface area (Å²) in [7, 11) is 8.27. The van der Waals surface area contributed by atoms with E-state index in [9.17, 15) is 9.90 Å². The van der Waals surface area contributed by atoms with E-state index in [4.69, 9.17) is 5.26 Å². The molecule has 0 radical (unpaired) electrons. The lowest BCUT2D eigenvalue weighted by Crippen LogP contribution is -2.25. The van der Waals surface area contributed by atoms with E-state index < -0.39 is 5.97 Å². The van der Waals surface area contributed by atoms with Crippen molar-refractivity contribution >= 4 is 45.6 Å². The molecule has 3 aromatic carbocycles. The maximum atomic E-state index is 11.2. The van der Waals surface area contributed by atoms with Gasteiger partial charge in [-0.25, -0.2) is 4.79 Å². The molecule has 0 saturated heterocycles. The highest BCUT2D eigenvalue weighted by Crippen LogP contribution is 2.43. The summed E-state index contributed by atoms with van der Waals surface area (Å²) in [5, 5.41) is 20.7. The van der Waals surface area contributed by atoms with E-state index in [1.807, 2.05) is 18.2 Å². The summed E-state index contributed by atoms with van der Waals surface area (Å²) >= 11 is 0. The van der Waals surface area contributed by atoms with Crippen molar-refractivity contribution in [1.29, 1.82) is 5.26 Å². The predicted octanol–water partition coefficient (Wildman–Crippen LogP) is 5.05. The van der Waals surface area contributed by atoms with Gasteiger partial charge in [0.1, 0.15) is 11.6 Å². The van der Waals surface area contributed by atoms with Crippen molar-refractivity contribution < 1.29 is 9.90 Å². The number of carboxylic acids is 1. The molecule has 33 heavy (non-hydrogen) atoms. The van der Waals surface area contributed by atoms with Gasteiger partial charge in [0.15, 0.2) is 0 Å². The topological polar surface area (TPSA) is 70.8 Å². The number of hydrogen-bond donors (Lipinski definition) is 1. The Morgan fingerprint density at radius 1 is 1.03 bits per heavy atom. The van der Waals surface area contributed by atoms with Gasteiger partial charge < -0.3 is 19.8 Å². The number of aryl methyl sites for hydroxylation is 1. The van der Waals surface area contributed by atoms with Crippen molar-refractivity contribution in [1.82, 2.24) is 0 Å². The van der Waals surface area contributed by atoms with Crippen molar-refractivity contribution in [2.24, 2.45) is 0 Å². The van der Waals surface area contributed by atoms with Gasteiger partial charge in [0, 0.05) is 68.3 Å². The SMILES string of the molecule is CN(C)c1cccc2c(N3CCCc4cc(/C=C(\C#N)C(=O)O)ccc43)ccc(N(C)C)c12. The minimum atomic E-state index is -1.21. The summed E-state index contributed by atoms with van der Waals surface area (Å²) in [6.07, 6.45) is 3.35. The number of nitriles is 1. The number of fused-ring (bicyclic) bond motifs is 2. The first-order valence-electron chi connectivity index (χ1n) is 11.0. The molecule has 0 amide bonds. The standard InChI is InChI=1S/C27H28N4O2/c1-29(2)24-9-5-8-21-23(12-13-25(26(21)24)30(3)4)31-14-6-7-19-15-18(10-11-22(19)31)16-20(17-28)27(32)33/h5,8-13,15-16H,6-7,14H2,1-4H3,(H,32,33)/b20-16+.